The highest BCUT2D eigenvalue weighted by Gasteiger charge is 2.29. The monoisotopic (exact) mass is 450 g/mol. The molecule has 0 saturated carbocycles. The number of carbonyl (C=O) groups is 3. The topological polar surface area (TPSA) is 143 Å². The van der Waals surface area contributed by atoms with E-state index in [1.165, 1.54) is 17.9 Å². The molecule has 2 aromatic carbocycles. The Balaban J connectivity index is 1.43. The fourth-order valence-corrected chi connectivity index (χ4v) is 3.86. The van der Waals surface area contributed by atoms with E-state index in [0.29, 0.717) is 0 Å². The van der Waals surface area contributed by atoms with Gasteiger partial charge in [0.05, 0.1) is 12.7 Å². The second kappa shape index (κ2) is 9.13. The summed E-state index contributed by atoms with van der Waals surface area (Å²) in [5.74, 6) is -2.19. The zero-order chi connectivity index (χ0) is 23.5. The molecule has 170 valence electrons. The van der Waals surface area contributed by atoms with E-state index >= 15 is 0 Å². The first-order valence-electron chi connectivity index (χ1n) is 10.2. The minimum Gasteiger partial charge on any atom is -0.479 e. The molecule has 10 heteroatoms. The van der Waals surface area contributed by atoms with Gasteiger partial charge < -0.3 is 20.3 Å². The summed E-state index contributed by atoms with van der Waals surface area (Å²) in [6.07, 6.45) is -1.29. The first kappa shape index (κ1) is 22.0. The van der Waals surface area contributed by atoms with Crippen LogP contribution in [0.1, 0.15) is 27.4 Å². The van der Waals surface area contributed by atoms with Gasteiger partial charge in [-0.05, 0) is 22.3 Å². The van der Waals surface area contributed by atoms with E-state index in [1.54, 1.807) is 0 Å². The molecule has 0 aliphatic heterocycles. The van der Waals surface area contributed by atoms with Crippen molar-refractivity contribution in [3.05, 3.63) is 71.4 Å². The normalized spacial score (nSPS) is 13.0. The number of aliphatic hydroxyl groups excluding tert-OH is 1. The molecule has 10 nitrogen and oxygen atoms in total. The van der Waals surface area contributed by atoms with Crippen molar-refractivity contribution in [1.82, 2.24) is 15.1 Å². The number of aliphatic carboxylic acids is 1. The Bertz CT molecular complexity index is 1180. The maximum Gasteiger partial charge on any atom is 0.412 e. The largest absolute Gasteiger partial charge is 0.479 e. The molecule has 3 aromatic rings. The zero-order valence-corrected chi connectivity index (χ0v) is 17.7. The van der Waals surface area contributed by atoms with Gasteiger partial charge in [0.15, 0.2) is 6.10 Å². The van der Waals surface area contributed by atoms with Crippen LogP contribution in [0.3, 0.4) is 0 Å². The molecule has 2 amide bonds. The van der Waals surface area contributed by atoms with Gasteiger partial charge in [0.2, 0.25) is 0 Å². The number of nitrogens with one attached hydrogen (secondary N) is 2. The van der Waals surface area contributed by atoms with Crippen LogP contribution in [0.25, 0.3) is 11.1 Å². The van der Waals surface area contributed by atoms with Crippen LogP contribution >= 0.6 is 0 Å². The number of benzene rings is 2. The fraction of sp³-hybridized carbons (Fsp3) is 0.217. The molecule has 1 aliphatic rings. The van der Waals surface area contributed by atoms with Crippen LogP contribution in [0.4, 0.5) is 10.6 Å². The minimum atomic E-state index is -1.75. The zero-order valence-electron chi connectivity index (χ0n) is 17.7. The fourth-order valence-electron chi connectivity index (χ4n) is 3.86. The molecule has 1 aromatic heterocycles. The Morgan fingerprint density at radius 1 is 1.09 bits per heavy atom. The van der Waals surface area contributed by atoms with E-state index in [9.17, 15) is 19.5 Å². The van der Waals surface area contributed by atoms with Gasteiger partial charge in [-0.2, -0.15) is 5.10 Å². The maximum absolute atomic E-state index is 12.5. The summed E-state index contributed by atoms with van der Waals surface area (Å²) in [4.78, 5) is 35.6. The molecule has 0 fully saturated rings. The number of hydrogen-bond acceptors (Lipinski definition) is 6. The van der Waals surface area contributed by atoms with Gasteiger partial charge >= 0.3 is 12.1 Å². The number of hydrogen-bond donors (Lipinski definition) is 4. The molecule has 0 spiro atoms. The third-order valence-corrected chi connectivity index (χ3v) is 5.49. The summed E-state index contributed by atoms with van der Waals surface area (Å²) in [5, 5.41) is 26.8. The van der Waals surface area contributed by atoms with Gasteiger partial charge in [-0.15, -0.1) is 0 Å². The first-order valence-corrected chi connectivity index (χ1v) is 10.2. The summed E-state index contributed by atoms with van der Waals surface area (Å²) in [6.45, 7) is -0.391. The van der Waals surface area contributed by atoms with E-state index in [-0.39, 0.29) is 23.9 Å². The first-order chi connectivity index (χ1) is 15.9. The molecule has 4 N–H and O–H groups in total. The highest BCUT2D eigenvalue weighted by molar-refractivity contribution is 6.01. The van der Waals surface area contributed by atoms with Crippen molar-refractivity contribution >= 4 is 23.8 Å². The van der Waals surface area contributed by atoms with Crippen molar-refractivity contribution in [1.29, 1.82) is 0 Å². The summed E-state index contributed by atoms with van der Waals surface area (Å²) in [5.41, 5.74) is 4.37. The SMILES string of the molecule is Cn1ncc(C(=O)NC[C@H](O)C(=O)O)c1NC(=O)OCC1c2ccccc2-c2ccccc21. The molecule has 0 unspecified atom stereocenters. The van der Waals surface area contributed by atoms with Gasteiger partial charge in [-0.25, -0.2) is 9.59 Å². The molecular formula is C23H22N4O6. The lowest BCUT2D eigenvalue weighted by Crippen LogP contribution is -2.36. The smallest absolute Gasteiger partial charge is 0.412 e. The number of carbonyl (C=O) groups excluding carboxylic acids is 2. The van der Waals surface area contributed by atoms with Gasteiger partial charge in [-0.1, -0.05) is 48.5 Å². The van der Waals surface area contributed by atoms with Crippen LogP contribution in [0.5, 0.6) is 0 Å². The van der Waals surface area contributed by atoms with Crippen molar-refractivity contribution in [2.75, 3.05) is 18.5 Å². The quantitative estimate of drug-likeness (QED) is 0.431. The van der Waals surface area contributed by atoms with Gasteiger partial charge in [0.1, 0.15) is 18.0 Å². The Kier molecular flexibility index (Phi) is 6.09. The molecule has 0 radical (unpaired) electrons. The van der Waals surface area contributed by atoms with Crippen LogP contribution in [-0.4, -0.2) is 57.2 Å². The molecule has 33 heavy (non-hydrogen) atoms. The van der Waals surface area contributed by atoms with Crippen molar-refractivity contribution in [3.63, 3.8) is 0 Å². The highest BCUT2D eigenvalue weighted by atomic mass is 16.5. The number of aromatic nitrogens is 2. The van der Waals surface area contributed by atoms with E-state index in [0.717, 1.165) is 22.3 Å². The van der Waals surface area contributed by atoms with Gasteiger partial charge in [0.25, 0.3) is 5.91 Å². The van der Waals surface area contributed by atoms with Crippen molar-refractivity contribution in [3.8, 4) is 11.1 Å². The average molecular weight is 450 g/mol. The molecule has 1 atom stereocenters. The maximum atomic E-state index is 12.5. The van der Waals surface area contributed by atoms with Gasteiger partial charge in [0, 0.05) is 13.0 Å². The van der Waals surface area contributed by atoms with Crippen LogP contribution in [0.2, 0.25) is 0 Å². The van der Waals surface area contributed by atoms with E-state index in [2.05, 4.69) is 15.7 Å². The number of fused-ring (bicyclic) bond motifs is 3. The van der Waals surface area contributed by atoms with Crippen molar-refractivity contribution in [2.24, 2.45) is 7.05 Å². The number of aliphatic hydroxyl groups is 1. The highest BCUT2D eigenvalue weighted by Crippen LogP contribution is 2.44. The second-order valence-electron chi connectivity index (χ2n) is 7.55. The number of rotatable bonds is 7. The van der Waals surface area contributed by atoms with Crippen LogP contribution in [0.15, 0.2) is 54.7 Å². The molecule has 1 heterocycles. The van der Waals surface area contributed by atoms with E-state index in [4.69, 9.17) is 9.84 Å². The molecule has 0 bridgehead atoms. The van der Waals surface area contributed by atoms with Crippen LogP contribution in [-0.2, 0) is 16.6 Å². The number of carboxylic acid groups (broad SMARTS) is 1. The Morgan fingerprint density at radius 3 is 2.30 bits per heavy atom. The third kappa shape index (κ3) is 4.41. The Hall–Kier alpha value is -4.18. The Labute approximate surface area is 188 Å². The number of aryl methyl sites for hydroxylation is 1. The number of amides is 2. The average Bonchev–Trinajstić information content (AvgIpc) is 3.33. The minimum absolute atomic E-state index is 0.00333. The number of carboxylic acids is 1. The molecule has 1 aliphatic carbocycles. The summed E-state index contributed by atoms with van der Waals surface area (Å²) < 4.78 is 6.77. The number of ether oxygens (including phenoxy) is 1. The summed E-state index contributed by atoms with van der Waals surface area (Å²) >= 11 is 0. The van der Waals surface area contributed by atoms with E-state index < -0.39 is 30.6 Å². The molecular weight excluding hydrogens is 428 g/mol. The lowest BCUT2D eigenvalue weighted by atomic mass is 9.98. The van der Waals surface area contributed by atoms with Crippen LogP contribution < -0.4 is 10.6 Å². The number of anilines is 1. The summed E-state index contributed by atoms with van der Waals surface area (Å²) in [6, 6.07) is 15.9. The van der Waals surface area contributed by atoms with E-state index in [1.807, 2.05) is 48.5 Å². The molecule has 0 saturated heterocycles. The lowest BCUT2D eigenvalue weighted by Gasteiger charge is -2.15. The third-order valence-electron chi connectivity index (χ3n) is 5.49. The van der Waals surface area contributed by atoms with Crippen molar-refractivity contribution in [2.45, 2.75) is 12.0 Å². The van der Waals surface area contributed by atoms with Crippen molar-refractivity contribution < 1.29 is 29.3 Å². The lowest BCUT2D eigenvalue weighted by molar-refractivity contribution is -0.146. The predicted octanol–water partition coefficient (Wildman–Crippen LogP) is 1.96. The number of nitrogens with zero attached hydrogens (tertiary/aromatic N) is 2. The molecule has 4 rings (SSSR count). The van der Waals surface area contributed by atoms with Crippen LogP contribution in [0, 0.1) is 0 Å². The Morgan fingerprint density at radius 2 is 1.70 bits per heavy atom. The predicted molar refractivity (Wildman–Crippen MR) is 118 cm³/mol. The van der Waals surface area contributed by atoms with Gasteiger partial charge in [-0.3, -0.25) is 14.8 Å². The standard InChI is InChI=1S/C23H22N4O6/c1-27-20(17(10-25-27)21(29)24-11-19(28)22(30)31)26-23(32)33-12-18-15-8-4-2-6-13(15)14-7-3-5-9-16(14)18/h2-10,18-19,28H,11-12H2,1H3,(H,24,29)(H,26,32)(H,30,31)/t19-/m0/s1. The second-order valence-corrected chi connectivity index (χ2v) is 7.55. The summed E-state index contributed by atoms with van der Waals surface area (Å²) in [7, 11) is 1.53.